The van der Waals surface area contributed by atoms with E-state index in [1.807, 2.05) is 60.7 Å². The molecule has 5 heteroatoms. The lowest BCUT2D eigenvalue weighted by Crippen LogP contribution is -2.00. The van der Waals surface area contributed by atoms with Crippen molar-refractivity contribution in [2.45, 2.75) is 0 Å². The minimum atomic E-state index is 0.633. The van der Waals surface area contributed by atoms with Crippen molar-refractivity contribution < 1.29 is 0 Å². The van der Waals surface area contributed by atoms with Gasteiger partial charge in [-0.2, -0.15) is 0 Å². The fourth-order valence-electron chi connectivity index (χ4n) is 10.6. The third-order valence-corrected chi connectivity index (χ3v) is 13.7. The molecule has 0 radical (unpaired) electrons. The standard InChI is InChI=1S/C63H39N5/c1-4-18-41(19-5-1)52-38-59-60(51-28-13-12-26-49(51)52)54-37-53-50-27-14-15-29-56(50)68(57(53)39-58(54)67(59)47-33-31-40-17-10-11-24-44(40)36-47)55-30-16-25-45-35-46(32-34-48(45)55)63-65-61(42-20-6-2-7-21-42)64-62(66-63)43-22-8-3-9-23-43/h1-39H. The zero-order valence-electron chi connectivity index (χ0n) is 36.8. The van der Waals surface area contributed by atoms with E-state index in [9.17, 15) is 0 Å². The summed E-state index contributed by atoms with van der Waals surface area (Å²) in [5, 5.41) is 12.0. The molecule has 0 unspecified atom stereocenters. The number of hydrogen-bond donors (Lipinski definition) is 0. The molecule has 0 aliphatic carbocycles. The summed E-state index contributed by atoms with van der Waals surface area (Å²) in [5.74, 6) is 1.92. The first-order chi connectivity index (χ1) is 33.7. The van der Waals surface area contributed by atoms with E-state index >= 15 is 0 Å². The maximum Gasteiger partial charge on any atom is 0.164 e. The summed E-state index contributed by atoms with van der Waals surface area (Å²) >= 11 is 0. The highest BCUT2D eigenvalue weighted by Crippen LogP contribution is 2.45. The van der Waals surface area contributed by atoms with Crippen LogP contribution < -0.4 is 0 Å². The fourth-order valence-corrected chi connectivity index (χ4v) is 10.6. The molecule has 0 fully saturated rings. The Bertz CT molecular complexity index is 4250. The summed E-state index contributed by atoms with van der Waals surface area (Å²) < 4.78 is 4.96. The van der Waals surface area contributed by atoms with Gasteiger partial charge in [0.15, 0.2) is 17.5 Å². The molecule has 11 aromatic carbocycles. The van der Waals surface area contributed by atoms with Crippen LogP contribution in [0.5, 0.6) is 0 Å². The summed E-state index contributed by atoms with van der Waals surface area (Å²) in [6.07, 6.45) is 0. The van der Waals surface area contributed by atoms with Crippen molar-refractivity contribution in [1.82, 2.24) is 24.1 Å². The van der Waals surface area contributed by atoms with Crippen molar-refractivity contribution in [3.05, 3.63) is 237 Å². The quantitative estimate of drug-likeness (QED) is 0.167. The molecule has 14 rings (SSSR count). The Balaban J connectivity index is 1.03. The minimum absolute atomic E-state index is 0.633. The molecule has 14 aromatic rings. The second-order valence-corrected chi connectivity index (χ2v) is 17.6. The smallest absolute Gasteiger partial charge is 0.164 e. The molecule has 0 N–H and O–H groups in total. The normalized spacial score (nSPS) is 11.8. The highest BCUT2D eigenvalue weighted by atomic mass is 15.0. The summed E-state index contributed by atoms with van der Waals surface area (Å²) in [6.45, 7) is 0. The number of para-hydroxylation sites is 1. The van der Waals surface area contributed by atoms with Crippen molar-refractivity contribution in [3.8, 4) is 56.7 Å². The monoisotopic (exact) mass is 865 g/mol. The Morgan fingerprint density at radius 1 is 0.265 bits per heavy atom. The van der Waals surface area contributed by atoms with Gasteiger partial charge in [-0.15, -0.1) is 0 Å². The van der Waals surface area contributed by atoms with Gasteiger partial charge in [0.05, 0.1) is 27.8 Å². The fraction of sp³-hybridized carbons (Fsp3) is 0. The summed E-state index contributed by atoms with van der Waals surface area (Å²) in [5.41, 5.74) is 12.1. The molecule has 0 saturated carbocycles. The van der Waals surface area contributed by atoms with Gasteiger partial charge in [0.1, 0.15) is 0 Å². The summed E-state index contributed by atoms with van der Waals surface area (Å²) in [7, 11) is 0. The van der Waals surface area contributed by atoms with Crippen LogP contribution in [0.1, 0.15) is 0 Å². The highest BCUT2D eigenvalue weighted by molar-refractivity contribution is 6.27. The SMILES string of the molecule is c1ccc(-c2nc(-c3ccccc3)nc(-c3ccc4c(-n5c6ccccc6c6cc7c8c9ccccc9c(-c9ccccc9)cc8n(-c8ccc9ccccc9c8)c7cc65)cccc4c3)n2)cc1. The summed E-state index contributed by atoms with van der Waals surface area (Å²) in [6, 6.07) is 84.9. The zero-order chi connectivity index (χ0) is 44.7. The number of aromatic nitrogens is 5. The van der Waals surface area contributed by atoms with E-state index < -0.39 is 0 Å². The molecule has 0 aliphatic rings. The van der Waals surface area contributed by atoms with Crippen molar-refractivity contribution in [2.24, 2.45) is 0 Å². The minimum Gasteiger partial charge on any atom is -0.309 e. The molecule has 0 spiro atoms. The second kappa shape index (κ2) is 15.2. The van der Waals surface area contributed by atoms with Crippen LogP contribution in [-0.4, -0.2) is 24.1 Å². The third-order valence-electron chi connectivity index (χ3n) is 13.7. The highest BCUT2D eigenvalue weighted by Gasteiger charge is 2.23. The van der Waals surface area contributed by atoms with Crippen LogP contribution in [0.25, 0.3) is 133 Å². The maximum atomic E-state index is 5.07. The van der Waals surface area contributed by atoms with E-state index in [4.69, 9.17) is 15.0 Å². The number of fused-ring (bicyclic) bond motifs is 10. The Kier molecular flexibility index (Phi) is 8.52. The third kappa shape index (κ3) is 5.99. The molecule has 5 nitrogen and oxygen atoms in total. The van der Waals surface area contributed by atoms with Crippen LogP contribution >= 0.6 is 0 Å². The first kappa shape index (κ1) is 38.1. The molecular formula is C63H39N5. The lowest BCUT2D eigenvalue weighted by atomic mass is 9.94. The van der Waals surface area contributed by atoms with Crippen molar-refractivity contribution in [1.29, 1.82) is 0 Å². The molecule has 3 aromatic heterocycles. The van der Waals surface area contributed by atoms with Gasteiger partial charge in [0.2, 0.25) is 0 Å². The molecular weight excluding hydrogens is 827 g/mol. The predicted octanol–water partition coefficient (Wildman–Crippen LogP) is 16.2. The van der Waals surface area contributed by atoms with Crippen LogP contribution in [0.3, 0.4) is 0 Å². The van der Waals surface area contributed by atoms with E-state index in [-0.39, 0.29) is 0 Å². The van der Waals surface area contributed by atoms with Crippen molar-refractivity contribution in [3.63, 3.8) is 0 Å². The second-order valence-electron chi connectivity index (χ2n) is 17.6. The Labute approximate surface area is 391 Å². The zero-order valence-corrected chi connectivity index (χ0v) is 36.8. The maximum absolute atomic E-state index is 5.07. The number of hydrogen-bond acceptors (Lipinski definition) is 3. The number of nitrogens with zero attached hydrogens (tertiary/aromatic N) is 5. The Morgan fingerprint density at radius 2 is 0.853 bits per heavy atom. The van der Waals surface area contributed by atoms with Gasteiger partial charge >= 0.3 is 0 Å². The van der Waals surface area contributed by atoms with Gasteiger partial charge < -0.3 is 9.13 Å². The van der Waals surface area contributed by atoms with E-state index in [2.05, 4.69) is 185 Å². The first-order valence-electron chi connectivity index (χ1n) is 23.1. The molecule has 316 valence electrons. The van der Waals surface area contributed by atoms with Gasteiger partial charge in [0, 0.05) is 49.3 Å². The van der Waals surface area contributed by atoms with Crippen molar-refractivity contribution >= 4 is 75.9 Å². The topological polar surface area (TPSA) is 48.5 Å². The van der Waals surface area contributed by atoms with Crippen LogP contribution in [0.15, 0.2) is 237 Å². The predicted molar refractivity (Wildman–Crippen MR) is 283 cm³/mol. The molecule has 0 aliphatic heterocycles. The average Bonchev–Trinajstić information content (AvgIpc) is 3.91. The molecule has 3 heterocycles. The van der Waals surface area contributed by atoms with Gasteiger partial charge in [-0.05, 0) is 86.6 Å². The van der Waals surface area contributed by atoms with E-state index in [1.165, 1.54) is 59.7 Å². The summed E-state index contributed by atoms with van der Waals surface area (Å²) in [4.78, 5) is 15.1. The van der Waals surface area contributed by atoms with Crippen LogP contribution in [0, 0.1) is 0 Å². The largest absolute Gasteiger partial charge is 0.309 e. The molecule has 0 bridgehead atoms. The van der Waals surface area contributed by atoms with E-state index in [0.29, 0.717) is 17.5 Å². The molecule has 68 heavy (non-hydrogen) atoms. The van der Waals surface area contributed by atoms with E-state index in [1.54, 1.807) is 0 Å². The van der Waals surface area contributed by atoms with Crippen LogP contribution in [0.2, 0.25) is 0 Å². The molecule has 0 saturated heterocycles. The van der Waals surface area contributed by atoms with E-state index in [0.717, 1.165) is 55.4 Å². The van der Waals surface area contributed by atoms with Gasteiger partial charge in [-0.25, -0.2) is 15.0 Å². The lowest BCUT2D eigenvalue weighted by molar-refractivity contribution is 1.07. The van der Waals surface area contributed by atoms with Crippen molar-refractivity contribution in [2.75, 3.05) is 0 Å². The lowest BCUT2D eigenvalue weighted by Gasteiger charge is -2.14. The van der Waals surface area contributed by atoms with Crippen LogP contribution in [-0.2, 0) is 0 Å². The Hall–Kier alpha value is -9.19. The number of rotatable bonds is 6. The average molecular weight is 866 g/mol. The Morgan fingerprint density at radius 3 is 1.59 bits per heavy atom. The number of benzene rings is 11. The van der Waals surface area contributed by atoms with Gasteiger partial charge in [0.25, 0.3) is 0 Å². The van der Waals surface area contributed by atoms with Crippen LogP contribution in [0.4, 0.5) is 0 Å². The molecule has 0 atom stereocenters. The van der Waals surface area contributed by atoms with Gasteiger partial charge in [-0.1, -0.05) is 188 Å². The van der Waals surface area contributed by atoms with Gasteiger partial charge in [-0.3, -0.25) is 0 Å². The first-order valence-corrected chi connectivity index (χ1v) is 23.1. The molecule has 0 amide bonds.